The molecule has 0 spiro atoms. The van der Waals surface area contributed by atoms with E-state index in [1.807, 2.05) is 48.3 Å². The Kier molecular flexibility index (Phi) is 10.9. The molecular formula is C37H34NO11S2+. The third-order valence-electron chi connectivity index (χ3n) is 8.54. The number of para-hydroxylation sites is 1. The second-order valence-corrected chi connectivity index (χ2v) is 14.0. The molecule has 0 radical (unpaired) electrons. The molecule has 0 fully saturated rings. The van der Waals surface area contributed by atoms with E-state index < -0.39 is 25.6 Å². The fourth-order valence-corrected chi connectivity index (χ4v) is 6.64. The quantitative estimate of drug-likeness (QED) is 0.113. The number of hydrogen-bond donors (Lipinski definition) is 6. The first-order chi connectivity index (χ1) is 24.1. The number of aryl methyl sites for hydroxylation is 1. The topological polar surface area (TPSA) is 211 Å². The van der Waals surface area contributed by atoms with E-state index in [2.05, 4.69) is 0 Å². The maximum absolute atomic E-state index is 12.4. The molecule has 0 saturated heterocycles. The standard InChI is InChI=1S/C37H33NO8S.O3S/c1-38-9-7-22(8-10-38)5-6-23-11-27-15-25-3-2-4-26(34(25)40)16-29-13-24(21-39)14-30(36(29)42)18-32-20-33(47(44,45)46)19-31(37(32)43)17-28(12-23)35(27)41;1-4(2)3/h2-14,19-20,39H,15-18,21H2,1H3,(H4,40,42,43,44,45,46);/p+1. The van der Waals surface area contributed by atoms with Crippen molar-refractivity contribution < 1.29 is 55.7 Å². The molecule has 51 heavy (non-hydrogen) atoms. The summed E-state index contributed by atoms with van der Waals surface area (Å²) in [7, 11) is -5.90. The fraction of sp³-hybridized carbons (Fsp3) is 0.162. The summed E-state index contributed by atoms with van der Waals surface area (Å²) < 4.78 is 62.0. The molecular weight excluding hydrogens is 699 g/mol. The third kappa shape index (κ3) is 8.80. The van der Waals surface area contributed by atoms with E-state index in [4.69, 9.17) is 12.6 Å². The first-order valence-electron chi connectivity index (χ1n) is 15.4. The van der Waals surface area contributed by atoms with Crippen LogP contribution in [0.2, 0.25) is 0 Å². The normalized spacial score (nSPS) is 12.6. The number of aliphatic hydroxyl groups is 1. The predicted octanol–water partition coefficient (Wildman–Crippen LogP) is 3.92. The average molecular weight is 733 g/mol. The molecule has 1 heterocycles. The van der Waals surface area contributed by atoms with E-state index in [1.54, 1.807) is 42.5 Å². The number of fused-ring (bicyclic) bond motifs is 8. The van der Waals surface area contributed by atoms with Gasteiger partial charge in [0, 0.05) is 48.9 Å². The van der Waals surface area contributed by atoms with E-state index in [1.165, 1.54) is 0 Å². The van der Waals surface area contributed by atoms with Crippen LogP contribution >= 0.6 is 0 Å². The monoisotopic (exact) mass is 732 g/mol. The van der Waals surface area contributed by atoms with Crippen LogP contribution in [0.3, 0.4) is 0 Å². The molecule has 1 aromatic heterocycles. The van der Waals surface area contributed by atoms with Crippen molar-refractivity contribution >= 4 is 32.9 Å². The fourth-order valence-electron chi connectivity index (χ4n) is 6.06. The SMILES string of the molecule is C[n+]1ccc(/C=C/c2cc3c(O)c(c2)Cc2cc(S(=O)(=O)O)cc(c2O)Cc2cc(CO)cc(c2O)Cc2cccc(c2O)C3)cc1.O=S(=O)=O. The van der Waals surface area contributed by atoms with Crippen LogP contribution in [0.15, 0.2) is 84.0 Å². The Hall–Kier alpha value is -5.54. The van der Waals surface area contributed by atoms with Crippen LogP contribution in [-0.2, 0) is 60.1 Å². The molecule has 1 aliphatic carbocycles. The van der Waals surface area contributed by atoms with Gasteiger partial charge in [-0.1, -0.05) is 30.4 Å². The lowest BCUT2D eigenvalue weighted by molar-refractivity contribution is -0.671. The average Bonchev–Trinajstić information content (AvgIpc) is 3.06. The number of phenols is 4. The van der Waals surface area contributed by atoms with Gasteiger partial charge in [0.15, 0.2) is 12.4 Å². The molecule has 0 aliphatic heterocycles. The molecule has 5 aromatic rings. The van der Waals surface area contributed by atoms with E-state index >= 15 is 0 Å². The van der Waals surface area contributed by atoms with E-state index in [-0.39, 0.29) is 66.4 Å². The third-order valence-corrected chi connectivity index (χ3v) is 9.37. The number of aromatic nitrogens is 1. The molecule has 0 atom stereocenters. The van der Waals surface area contributed by atoms with Crippen LogP contribution in [0.25, 0.3) is 12.2 Å². The van der Waals surface area contributed by atoms with Gasteiger partial charge in [-0.05, 0) is 86.5 Å². The smallest absolute Gasteiger partial charge is 0.425 e. The van der Waals surface area contributed by atoms with Crippen LogP contribution in [-0.4, -0.2) is 51.1 Å². The van der Waals surface area contributed by atoms with Gasteiger partial charge in [0.1, 0.15) is 30.0 Å². The van der Waals surface area contributed by atoms with Gasteiger partial charge in [-0.3, -0.25) is 4.55 Å². The maximum Gasteiger partial charge on any atom is 0.425 e. The van der Waals surface area contributed by atoms with Gasteiger partial charge in [-0.2, -0.15) is 8.42 Å². The Morgan fingerprint density at radius 1 is 0.627 bits per heavy atom. The van der Waals surface area contributed by atoms with Crippen LogP contribution in [0.1, 0.15) is 61.2 Å². The molecule has 6 rings (SSSR count). The number of aromatic hydroxyl groups is 4. The molecule has 14 heteroatoms. The van der Waals surface area contributed by atoms with Crippen LogP contribution in [0, 0.1) is 0 Å². The number of aliphatic hydroxyl groups excluding tert-OH is 1. The van der Waals surface area contributed by atoms with Crippen molar-refractivity contribution in [3.05, 3.63) is 140 Å². The zero-order valence-corrected chi connectivity index (χ0v) is 28.8. The minimum atomic E-state index is -4.71. The molecule has 0 unspecified atom stereocenters. The zero-order valence-electron chi connectivity index (χ0n) is 27.2. The summed E-state index contributed by atoms with van der Waals surface area (Å²) in [5, 5.41) is 55.7. The van der Waals surface area contributed by atoms with Gasteiger partial charge >= 0.3 is 10.6 Å². The number of rotatable bonds is 4. The van der Waals surface area contributed by atoms with Crippen molar-refractivity contribution in [3.63, 3.8) is 0 Å². The maximum atomic E-state index is 12.4. The largest absolute Gasteiger partial charge is 0.507 e. The summed E-state index contributed by atoms with van der Waals surface area (Å²) in [4.78, 5) is -0.452. The van der Waals surface area contributed by atoms with Gasteiger partial charge in [-0.15, -0.1) is 12.6 Å². The predicted molar refractivity (Wildman–Crippen MR) is 186 cm³/mol. The highest BCUT2D eigenvalue weighted by atomic mass is 32.2. The van der Waals surface area contributed by atoms with E-state index in [9.17, 15) is 38.5 Å². The lowest BCUT2D eigenvalue weighted by Gasteiger charge is -2.19. The summed E-state index contributed by atoms with van der Waals surface area (Å²) in [6.07, 6.45) is 7.62. The second-order valence-electron chi connectivity index (χ2n) is 12.1. The van der Waals surface area contributed by atoms with Crippen molar-refractivity contribution in [2.24, 2.45) is 7.05 Å². The van der Waals surface area contributed by atoms with Crippen LogP contribution in [0.5, 0.6) is 23.0 Å². The molecule has 12 nitrogen and oxygen atoms in total. The Morgan fingerprint density at radius 3 is 1.43 bits per heavy atom. The van der Waals surface area contributed by atoms with Gasteiger partial charge in [0.05, 0.1) is 11.5 Å². The first-order valence-corrected chi connectivity index (χ1v) is 17.9. The van der Waals surface area contributed by atoms with Crippen molar-refractivity contribution in [2.75, 3.05) is 0 Å². The highest BCUT2D eigenvalue weighted by Crippen LogP contribution is 2.39. The Labute approximate surface area is 295 Å². The van der Waals surface area contributed by atoms with Crippen molar-refractivity contribution in [1.29, 1.82) is 0 Å². The van der Waals surface area contributed by atoms with Crippen molar-refractivity contribution in [1.82, 2.24) is 0 Å². The summed E-state index contributed by atoms with van der Waals surface area (Å²) in [5.41, 5.74) is 4.99. The Bertz CT molecular complexity index is 2380. The number of pyridine rings is 1. The number of nitrogens with zero attached hydrogens (tertiary/aromatic N) is 1. The first kappa shape index (κ1) is 36.7. The minimum Gasteiger partial charge on any atom is -0.507 e. The zero-order chi connectivity index (χ0) is 37.0. The van der Waals surface area contributed by atoms with E-state index in [0.717, 1.165) is 23.3 Å². The van der Waals surface area contributed by atoms with Crippen LogP contribution in [0.4, 0.5) is 0 Å². The summed E-state index contributed by atoms with van der Waals surface area (Å²) in [5.74, 6) is -0.473. The lowest BCUT2D eigenvalue weighted by Crippen LogP contribution is -2.25. The summed E-state index contributed by atoms with van der Waals surface area (Å²) in [6, 6.07) is 18.2. The molecule has 264 valence electrons. The molecule has 0 saturated carbocycles. The molecule has 8 bridgehead atoms. The lowest BCUT2D eigenvalue weighted by atomic mass is 9.90. The number of benzene rings is 4. The van der Waals surface area contributed by atoms with Crippen molar-refractivity contribution in [3.8, 4) is 23.0 Å². The Balaban J connectivity index is 0.00000120. The molecule has 4 aromatic carbocycles. The molecule has 6 N–H and O–H groups in total. The van der Waals surface area contributed by atoms with Gasteiger partial charge < -0.3 is 25.5 Å². The summed E-state index contributed by atoms with van der Waals surface area (Å²) >= 11 is 0. The molecule has 1 aliphatic rings. The summed E-state index contributed by atoms with van der Waals surface area (Å²) in [6.45, 7) is -0.345. The molecule has 0 amide bonds. The second kappa shape index (κ2) is 15.1. The van der Waals surface area contributed by atoms with Gasteiger partial charge in [-0.25, -0.2) is 4.57 Å². The number of phenolic OH excluding ortho intramolecular Hbond substituents is 4. The Morgan fingerprint density at radius 2 is 1.00 bits per heavy atom. The van der Waals surface area contributed by atoms with Gasteiger partial charge in [0.25, 0.3) is 10.1 Å². The van der Waals surface area contributed by atoms with Gasteiger partial charge in [0.2, 0.25) is 0 Å². The highest BCUT2D eigenvalue weighted by molar-refractivity contribution is 7.85. The minimum absolute atomic E-state index is 0.00894. The van der Waals surface area contributed by atoms with Crippen LogP contribution < -0.4 is 4.57 Å². The van der Waals surface area contributed by atoms with E-state index in [0.29, 0.717) is 38.9 Å². The highest BCUT2D eigenvalue weighted by Gasteiger charge is 2.23. The van der Waals surface area contributed by atoms with Crippen molar-refractivity contribution in [2.45, 2.75) is 37.2 Å². The number of hydrogen-bond acceptors (Lipinski definition) is 10.